The van der Waals surface area contributed by atoms with E-state index >= 15 is 0 Å². The molecule has 5 nitrogen and oxygen atoms in total. The lowest BCUT2D eigenvalue weighted by atomic mass is 10.1. The van der Waals surface area contributed by atoms with Crippen molar-refractivity contribution in [3.63, 3.8) is 0 Å². The van der Waals surface area contributed by atoms with Gasteiger partial charge in [0.25, 0.3) is 0 Å². The van der Waals surface area contributed by atoms with Crippen molar-refractivity contribution in [2.24, 2.45) is 0 Å². The number of para-hydroxylation sites is 1. The number of carbonyl (C=O) groups excluding carboxylic acids is 2. The average Bonchev–Trinajstić information content (AvgIpc) is 3.16. The zero-order valence-corrected chi connectivity index (χ0v) is 13.7. The predicted octanol–water partition coefficient (Wildman–Crippen LogP) is 3.62. The Morgan fingerprint density at radius 3 is 2.36 bits per heavy atom. The molecule has 0 N–H and O–H groups in total. The third-order valence-corrected chi connectivity index (χ3v) is 3.74. The molecule has 1 heterocycles. The molecule has 0 saturated heterocycles. The number of rotatable bonds is 5. The van der Waals surface area contributed by atoms with Gasteiger partial charge in [0.05, 0.1) is 18.4 Å². The highest BCUT2D eigenvalue weighted by atomic mass is 16.5. The van der Waals surface area contributed by atoms with Crippen molar-refractivity contribution in [3.05, 3.63) is 89.7 Å². The van der Waals surface area contributed by atoms with Gasteiger partial charge in [-0.15, -0.1) is 0 Å². The van der Waals surface area contributed by atoms with Crippen molar-refractivity contribution >= 4 is 11.9 Å². The van der Waals surface area contributed by atoms with Crippen LogP contribution < -0.4 is 0 Å². The molecule has 5 heteroatoms. The highest BCUT2D eigenvalue weighted by Gasteiger charge is 2.18. The van der Waals surface area contributed by atoms with Crippen LogP contribution in [0.1, 0.15) is 26.4 Å². The van der Waals surface area contributed by atoms with E-state index in [9.17, 15) is 9.59 Å². The van der Waals surface area contributed by atoms with Crippen molar-refractivity contribution in [2.75, 3.05) is 7.11 Å². The summed E-state index contributed by atoms with van der Waals surface area (Å²) in [7, 11) is 1.32. The number of aromatic nitrogens is 1. The molecule has 0 amide bonds. The average molecular weight is 335 g/mol. The van der Waals surface area contributed by atoms with Crippen LogP contribution in [0.4, 0.5) is 0 Å². The molecule has 0 bridgehead atoms. The van der Waals surface area contributed by atoms with Gasteiger partial charge in [-0.1, -0.05) is 42.5 Å². The van der Waals surface area contributed by atoms with Crippen molar-refractivity contribution in [1.82, 2.24) is 4.57 Å². The van der Waals surface area contributed by atoms with Crippen molar-refractivity contribution in [3.8, 4) is 5.69 Å². The van der Waals surface area contributed by atoms with E-state index in [4.69, 9.17) is 9.47 Å². The second-order valence-electron chi connectivity index (χ2n) is 5.33. The lowest BCUT2D eigenvalue weighted by Crippen LogP contribution is -2.13. The monoisotopic (exact) mass is 335 g/mol. The standard InChI is InChI=1S/C20H17NO4/c1-24-20(23)18-12-7-13-21(18)17-11-6-5-10-16(17)19(22)25-14-15-8-3-2-4-9-15/h2-13H,14H2,1H3. The summed E-state index contributed by atoms with van der Waals surface area (Å²) >= 11 is 0. The lowest BCUT2D eigenvalue weighted by molar-refractivity contribution is 0.0471. The molecule has 0 atom stereocenters. The van der Waals surface area contributed by atoms with E-state index in [1.54, 1.807) is 47.2 Å². The van der Waals surface area contributed by atoms with Crippen LogP contribution in [0.2, 0.25) is 0 Å². The molecule has 126 valence electrons. The van der Waals surface area contributed by atoms with Crippen LogP contribution >= 0.6 is 0 Å². The molecule has 3 aromatic rings. The fourth-order valence-corrected chi connectivity index (χ4v) is 2.52. The summed E-state index contributed by atoms with van der Waals surface area (Å²) < 4.78 is 11.8. The summed E-state index contributed by atoms with van der Waals surface area (Å²) in [4.78, 5) is 24.4. The Hall–Kier alpha value is -3.34. The summed E-state index contributed by atoms with van der Waals surface area (Å²) in [5.74, 6) is -0.929. The van der Waals surface area contributed by atoms with E-state index < -0.39 is 11.9 Å². The molecule has 3 rings (SSSR count). The molecule has 0 aliphatic rings. The normalized spacial score (nSPS) is 10.3. The molecular formula is C20H17NO4. The van der Waals surface area contributed by atoms with Gasteiger partial charge >= 0.3 is 11.9 Å². The number of esters is 2. The maximum absolute atomic E-state index is 12.5. The Morgan fingerprint density at radius 1 is 0.880 bits per heavy atom. The largest absolute Gasteiger partial charge is 0.464 e. The van der Waals surface area contributed by atoms with Crippen LogP contribution in [-0.4, -0.2) is 23.6 Å². The molecule has 25 heavy (non-hydrogen) atoms. The first-order valence-corrected chi connectivity index (χ1v) is 7.77. The van der Waals surface area contributed by atoms with E-state index in [-0.39, 0.29) is 6.61 Å². The van der Waals surface area contributed by atoms with Crippen LogP contribution in [-0.2, 0) is 16.1 Å². The maximum Gasteiger partial charge on any atom is 0.355 e. The topological polar surface area (TPSA) is 57.5 Å². The zero-order valence-electron chi connectivity index (χ0n) is 13.7. The van der Waals surface area contributed by atoms with Crippen molar-refractivity contribution < 1.29 is 19.1 Å². The second-order valence-corrected chi connectivity index (χ2v) is 5.33. The first-order chi connectivity index (χ1) is 12.2. The summed E-state index contributed by atoms with van der Waals surface area (Å²) in [6.07, 6.45) is 1.70. The third-order valence-electron chi connectivity index (χ3n) is 3.74. The second kappa shape index (κ2) is 7.49. The zero-order chi connectivity index (χ0) is 17.6. The van der Waals surface area contributed by atoms with Crippen LogP contribution in [0.5, 0.6) is 0 Å². The number of methoxy groups -OCH3 is 1. The quantitative estimate of drug-likeness (QED) is 0.668. The Balaban J connectivity index is 1.87. The first kappa shape index (κ1) is 16.5. The molecule has 0 spiro atoms. The van der Waals surface area contributed by atoms with E-state index in [1.165, 1.54) is 7.11 Å². The van der Waals surface area contributed by atoms with Gasteiger partial charge in [0.2, 0.25) is 0 Å². The van der Waals surface area contributed by atoms with Crippen molar-refractivity contribution in [2.45, 2.75) is 6.61 Å². The van der Waals surface area contributed by atoms with E-state index in [1.807, 2.05) is 30.3 Å². The van der Waals surface area contributed by atoms with Crippen LogP contribution in [0.3, 0.4) is 0 Å². The minimum Gasteiger partial charge on any atom is -0.464 e. The molecular weight excluding hydrogens is 318 g/mol. The molecule has 0 radical (unpaired) electrons. The van der Waals surface area contributed by atoms with Gasteiger partial charge < -0.3 is 14.0 Å². The number of benzene rings is 2. The summed E-state index contributed by atoms with van der Waals surface area (Å²) in [5, 5.41) is 0. The molecule has 1 aromatic heterocycles. The summed E-state index contributed by atoms with van der Waals surface area (Å²) in [6.45, 7) is 0.184. The Kier molecular flexibility index (Phi) is 4.95. The van der Waals surface area contributed by atoms with Gasteiger partial charge in [-0.05, 0) is 29.8 Å². The third kappa shape index (κ3) is 3.61. The molecule has 0 fully saturated rings. The Morgan fingerprint density at radius 2 is 1.60 bits per heavy atom. The number of hydrogen-bond donors (Lipinski definition) is 0. The molecule has 0 aliphatic heterocycles. The molecule has 0 aliphatic carbocycles. The van der Waals surface area contributed by atoms with Gasteiger partial charge in [0.15, 0.2) is 0 Å². The molecule has 0 unspecified atom stereocenters. The minimum absolute atomic E-state index is 0.184. The van der Waals surface area contributed by atoms with Gasteiger partial charge in [-0.3, -0.25) is 0 Å². The summed E-state index contributed by atoms with van der Waals surface area (Å²) in [5.41, 5.74) is 2.18. The van der Waals surface area contributed by atoms with E-state index in [2.05, 4.69) is 0 Å². The Bertz CT molecular complexity index is 883. The SMILES string of the molecule is COC(=O)c1cccn1-c1ccccc1C(=O)OCc1ccccc1. The number of ether oxygens (including phenoxy) is 2. The first-order valence-electron chi connectivity index (χ1n) is 7.77. The minimum atomic E-state index is -0.475. The number of nitrogens with zero attached hydrogens (tertiary/aromatic N) is 1. The summed E-state index contributed by atoms with van der Waals surface area (Å²) in [6, 6.07) is 19.8. The Labute approximate surface area is 145 Å². The van der Waals surface area contributed by atoms with Crippen LogP contribution in [0.15, 0.2) is 72.9 Å². The fraction of sp³-hybridized carbons (Fsp3) is 0.100. The van der Waals surface area contributed by atoms with Crippen LogP contribution in [0.25, 0.3) is 5.69 Å². The van der Waals surface area contributed by atoms with Gasteiger partial charge in [-0.25, -0.2) is 9.59 Å². The van der Waals surface area contributed by atoms with Gasteiger partial charge in [0, 0.05) is 6.20 Å². The number of hydrogen-bond acceptors (Lipinski definition) is 4. The van der Waals surface area contributed by atoms with Crippen molar-refractivity contribution in [1.29, 1.82) is 0 Å². The highest BCUT2D eigenvalue weighted by molar-refractivity contribution is 5.95. The highest BCUT2D eigenvalue weighted by Crippen LogP contribution is 2.19. The maximum atomic E-state index is 12.5. The fourth-order valence-electron chi connectivity index (χ4n) is 2.52. The number of carbonyl (C=O) groups is 2. The predicted molar refractivity (Wildman–Crippen MR) is 92.7 cm³/mol. The van der Waals surface area contributed by atoms with E-state index in [0.29, 0.717) is 16.9 Å². The molecule has 2 aromatic carbocycles. The smallest absolute Gasteiger partial charge is 0.355 e. The van der Waals surface area contributed by atoms with E-state index in [0.717, 1.165) is 5.56 Å². The van der Waals surface area contributed by atoms with Gasteiger partial charge in [-0.2, -0.15) is 0 Å². The van der Waals surface area contributed by atoms with Gasteiger partial charge in [0.1, 0.15) is 12.3 Å². The molecule has 0 saturated carbocycles. The van der Waals surface area contributed by atoms with Crippen LogP contribution in [0, 0.1) is 0 Å². The lowest BCUT2D eigenvalue weighted by Gasteiger charge is -2.13.